The first-order valence-electron chi connectivity index (χ1n) is 4.50. The fraction of sp³-hybridized carbons (Fsp3) is 0.273. The Morgan fingerprint density at radius 3 is 2.47 bits per heavy atom. The van der Waals surface area contributed by atoms with E-state index < -0.39 is 11.6 Å². The van der Waals surface area contributed by atoms with Crippen molar-refractivity contribution in [2.45, 2.75) is 6.42 Å². The molecule has 1 aromatic carbocycles. The van der Waals surface area contributed by atoms with Crippen LogP contribution in [0.3, 0.4) is 0 Å². The SMILES string of the molecule is COc1ccc2c(c1OC)C(=O)C(=O)C2. The lowest BCUT2D eigenvalue weighted by molar-refractivity contribution is -0.114. The molecule has 0 aliphatic heterocycles. The second kappa shape index (κ2) is 3.38. The molecule has 78 valence electrons. The number of methoxy groups -OCH3 is 2. The number of fused-ring (bicyclic) bond motifs is 1. The third-order valence-electron chi connectivity index (χ3n) is 2.46. The number of Topliss-reactive ketones (excluding diaryl/α,β-unsaturated/α-hetero) is 2. The van der Waals surface area contributed by atoms with Crippen molar-refractivity contribution in [1.29, 1.82) is 0 Å². The normalized spacial score (nSPS) is 14.0. The van der Waals surface area contributed by atoms with E-state index in [0.717, 1.165) is 0 Å². The molecule has 0 amide bonds. The fourth-order valence-corrected chi connectivity index (χ4v) is 1.76. The third-order valence-corrected chi connectivity index (χ3v) is 2.46. The summed E-state index contributed by atoms with van der Waals surface area (Å²) < 4.78 is 10.2. The molecule has 0 spiro atoms. The summed E-state index contributed by atoms with van der Waals surface area (Å²) in [7, 11) is 2.94. The van der Waals surface area contributed by atoms with Crippen LogP contribution in [0.1, 0.15) is 15.9 Å². The minimum atomic E-state index is -0.485. The first-order valence-corrected chi connectivity index (χ1v) is 4.50. The van der Waals surface area contributed by atoms with Crippen molar-refractivity contribution in [2.24, 2.45) is 0 Å². The maximum absolute atomic E-state index is 11.6. The number of ketones is 2. The predicted molar refractivity (Wildman–Crippen MR) is 52.6 cm³/mol. The van der Waals surface area contributed by atoms with E-state index in [1.165, 1.54) is 14.2 Å². The Balaban J connectivity index is 2.66. The van der Waals surface area contributed by atoms with Crippen LogP contribution in [0.4, 0.5) is 0 Å². The summed E-state index contributed by atoms with van der Waals surface area (Å²) in [5.74, 6) is -0.0533. The molecule has 0 aromatic heterocycles. The molecular formula is C11H10O4. The molecule has 0 radical (unpaired) electrons. The lowest BCUT2D eigenvalue weighted by atomic mass is 10.1. The molecule has 0 atom stereocenters. The second-order valence-electron chi connectivity index (χ2n) is 3.26. The minimum Gasteiger partial charge on any atom is -0.493 e. The van der Waals surface area contributed by atoms with Crippen LogP contribution in [0.25, 0.3) is 0 Å². The van der Waals surface area contributed by atoms with Gasteiger partial charge in [0.05, 0.1) is 19.8 Å². The lowest BCUT2D eigenvalue weighted by Gasteiger charge is -2.10. The maximum atomic E-state index is 11.6. The van der Waals surface area contributed by atoms with Crippen LogP contribution in [0.5, 0.6) is 11.5 Å². The average molecular weight is 206 g/mol. The van der Waals surface area contributed by atoms with E-state index >= 15 is 0 Å². The van der Waals surface area contributed by atoms with Crippen LogP contribution in [-0.4, -0.2) is 25.8 Å². The first kappa shape index (κ1) is 9.71. The molecule has 0 saturated heterocycles. The Bertz CT molecular complexity index is 448. The highest BCUT2D eigenvalue weighted by atomic mass is 16.5. The van der Waals surface area contributed by atoms with Crippen molar-refractivity contribution in [1.82, 2.24) is 0 Å². The van der Waals surface area contributed by atoms with Gasteiger partial charge in [-0.3, -0.25) is 9.59 Å². The summed E-state index contributed by atoms with van der Waals surface area (Å²) in [6.45, 7) is 0. The molecule has 2 rings (SSSR count). The van der Waals surface area contributed by atoms with Crippen molar-refractivity contribution in [3.63, 3.8) is 0 Å². The smallest absolute Gasteiger partial charge is 0.233 e. The van der Waals surface area contributed by atoms with Crippen molar-refractivity contribution in [2.75, 3.05) is 14.2 Å². The van der Waals surface area contributed by atoms with Gasteiger partial charge in [0.25, 0.3) is 0 Å². The summed E-state index contributed by atoms with van der Waals surface area (Å²) in [5, 5.41) is 0. The standard InChI is InChI=1S/C11H10O4/c1-14-8-4-3-6-5-7(12)10(13)9(6)11(8)15-2/h3-4H,5H2,1-2H3. The number of hydrogen-bond acceptors (Lipinski definition) is 4. The Kier molecular flexibility index (Phi) is 2.19. The molecule has 15 heavy (non-hydrogen) atoms. The number of benzene rings is 1. The fourth-order valence-electron chi connectivity index (χ4n) is 1.76. The van der Waals surface area contributed by atoms with E-state index in [1.807, 2.05) is 0 Å². The molecule has 1 aromatic rings. The highest BCUT2D eigenvalue weighted by molar-refractivity contribution is 6.48. The van der Waals surface area contributed by atoms with Crippen LogP contribution in [0, 0.1) is 0 Å². The van der Waals surface area contributed by atoms with Crippen molar-refractivity contribution in [3.05, 3.63) is 23.3 Å². The summed E-state index contributed by atoms with van der Waals surface area (Å²) in [6.07, 6.45) is 0.161. The van der Waals surface area contributed by atoms with Gasteiger partial charge in [-0.05, 0) is 11.6 Å². The Labute approximate surface area is 86.8 Å². The topological polar surface area (TPSA) is 52.6 Å². The van der Waals surface area contributed by atoms with Crippen molar-refractivity contribution in [3.8, 4) is 11.5 Å². The zero-order valence-corrected chi connectivity index (χ0v) is 8.49. The third kappa shape index (κ3) is 1.29. The van der Waals surface area contributed by atoms with E-state index in [0.29, 0.717) is 22.6 Å². The monoisotopic (exact) mass is 206 g/mol. The molecule has 0 bridgehead atoms. The maximum Gasteiger partial charge on any atom is 0.233 e. The van der Waals surface area contributed by atoms with Gasteiger partial charge < -0.3 is 9.47 Å². The van der Waals surface area contributed by atoms with Gasteiger partial charge in [0, 0.05) is 6.42 Å². The molecular weight excluding hydrogens is 196 g/mol. The number of hydrogen-bond donors (Lipinski definition) is 0. The summed E-state index contributed by atoms with van der Waals surface area (Å²) in [4.78, 5) is 22.8. The second-order valence-corrected chi connectivity index (χ2v) is 3.26. The summed E-state index contributed by atoms with van der Waals surface area (Å²) in [5.41, 5.74) is 1.06. The van der Waals surface area contributed by atoms with Crippen LogP contribution < -0.4 is 9.47 Å². The number of ether oxygens (including phenoxy) is 2. The molecule has 1 aliphatic rings. The van der Waals surface area contributed by atoms with Crippen LogP contribution in [0.2, 0.25) is 0 Å². The van der Waals surface area contributed by atoms with Crippen LogP contribution >= 0.6 is 0 Å². The van der Waals surface area contributed by atoms with Crippen molar-refractivity contribution >= 4 is 11.6 Å². The van der Waals surface area contributed by atoms with Gasteiger partial charge in [-0.25, -0.2) is 0 Å². The summed E-state index contributed by atoms with van der Waals surface area (Å²) in [6, 6.07) is 3.42. The summed E-state index contributed by atoms with van der Waals surface area (Å²) >= 11 is 0. The Morgan fingerprint density at radius 1 is 1.13 bits per heavy atom. The van der Waals surface area contributed by atoms with Gasteiger partial charge >= 0.3 is 0 Å². The van der Waals surface area contributed by atoms with Gasteiger partial charge in [-0.2, -0.15) is 0 Å². The molecule has 0 unspecified atom stereocenters. The van der Waals surface area contributed by atoms with E-state index in [2.05, 4.69) is 0 Å². The molecule has 4 nitrogen and oxygen atoms in total. The lowest BCUT2D eigenvalue weighted by Crippen LogP contribution is -2.07. The Hall–Kier alpha value is -1.84. The van der Waals surface area contributed by atoms with E-state index in [4.69, 9.17) is 9.47 Å². The molecule has 0 fully saturated rings. The van der Waals surface area contributed by atoms with Gasteiger partial charge in [-0.15, -0.1) is 0 Å². The molecule has 1 aliphatic carbocycles. The first-order chi connectivity index (χ1) is 7.19. The molecule has 0 heterocycles. The number of carbonyl (C=O) groups is 2. The minimum absolute atomic E-state index is 0.161. The quantitative estimate of drug-likeness (QED) is 0.678. The van der Waals surface area contributed by atoms with Crippen LogP contribution in [-0.2, 0) is 11.2 Å². The zero-order chi connectivity index (χ0) is 11.0. The largest absolute Gasteiger partial charge is 0.493 e. The van der Waals surface area contributed by atoms with E-state index in [-0.39, 0.29) is 6.42 Å². The van der Waals surface area contributed by atoms with Crippen LogP contribution in [0.15, 0.2) is 12.1 Å². The molecule has 0 N–H and O–H groups in total. The van der Waals surface area contributed by atoms with Gasteiger partial charge in [0.1, 0.15) is 0 Å². The highest BCUT2D eigenvalue weighted by Crippen LogP contribution is 2.36. The number of rotatable bonds is 2. The molecule has 4 heteroatoms. The van der Waals surface area contributed by atoms with E-state index in [1.54, 1.807) is 12.1 Å². The van der Waals surface area contributed by atoms with E-state index in [9.17, 15) is 9.59 Å². The van der Waals surface area contributed by atoms with Gasteiger partial charge in [-0.1, -0.05) is 6.07 Å². The van der Waals surface area contributed by atoms with Crippen molar-refractivity contribution < 1.29 is 19.1 Å². The average Bonchev–Trinajstić information content (AvgIpc) is 2.54. The zero-order valence-electron chi connectivity index (χ0n) is 8.49. The molecule has 0 saturated carbocycles. The Morgan fingerprint density at radius 2 is 1.87 bits per heavy atom. The van der Waals surface area contributed by atoms with Gasteiger partial charge in [0.2, 0.25) is 11.6 Å². The van der Waals surface area contributed by atoms with Gasteiger partial charge in [0.15, 0.2) is 11.5 Å². The number of carbonyl (C=O) groups excluding carboxylic acids is 2. The highest BCUT2D eigenvalue weighted by Gasteiger charge is 2.33. The predicted octanol–water partition coefficient (Wildman–Crippen LogP) is 1.01.